The molecule has 2 aliphatic rings. The predicted molar refractivity (Wildman–Crippen MR) is 156 cm³/mol. The molecule has 222 valence electrons. The van der Waals surface area contributed by atoms with Crippen molar-refractivity contribution in [3.05, 3.63) is 138 Å². The summed E-state index contributed by atoms with van der Waals surface area (Å²) < 4.78 is 63.8. The summed E-state index contributed by atoms with van der Waals surface area (Å²) in [6, 6.07) is 34.1. The summed E-state index contributed by atoms with van der Waals surface area (Å²) in [5.74, 6) is -2.84. The van der Waals surface area contributed by atoms with Crippen molar-refractivity contribution in [2.75, 3.05) is 6.61 Å². The summed E-state index contributed by atoms with van der Waals surface area (Å²) >= 11 is 0. The van der Waals surface area contributed by atoms with E-state index in [1.165, 1.54) is 38.1 Å². The van der Waals surface area contributed by atoms with Gasteiger partial charge in [0.1, 0.15) is 11.7 Å². The predicted octanol–water partition coefficient (Wildman–Crippen LogP) is 4.97. The summed E-state index contributed by atoms with van der Waals surface area (Å²) in [6.07, 6.45) is -3.37. The summed E-state index contributed by atoms with van der Waals surface area (Å²) in [5, 5.41) is 8.52. The highest BCUT2D eigenvalue weighted by Gasteiger charge is 2.81. The number of aliphatic hydroxyl groups is 1. The minimum Gasteiger partial charge on any atom is -0.380 e. The van der Waals surface area contributed by atoms with E-state index >= 15 is 4.39 Å². The molecule has 4 atom stereocenters. The third-order valence-electron chi connectivity index (χ3n) is 8.17. The van der Waals surface area contributed by atoms with E-state index in [2.05, 4.69) is 0 Å². The number of ether oxygens (including phenoxy) is 3. The van der Waals surface area contributed by atoms with Gasteiger partial charge < -0.3 is 19.3 Å². The Bertz CT molecular complexity index is 1620. The number of halogens is 1. The van der Waals surface area contributed by atoms with E-state index in [0.29, 0.717) is 16.7 Å². The van der Waals surface area contributed by atoms with Crippen LogP contribution in [0.3, 0.4) is 0 Å². The number of rotatable bonds is 8. The van der Waals surface area contributed by atoms with Crippen molar-refractivity contribution in [1.29, 1.82) is 0 Å². The quantitative estimate of drug-likeness (QED) is 0.285. The maximum Gasteiger partial charge on any atom is 0.307 e. The number of Topliss-reactive ketones (excluding diaryl/α,β-unsaturated/α-hetero) is 1. The lowest BCUT2D eigenvalue weighted by molar-refractivity contribution is -0.214. The van der Waals surface area contributed by atoms with Crippen molar-refractivity contribution in [3.63, 3.8) is 0 Å². The van der Waals surface area contributed by atoms with Crippen LogP contribution in [0.4, 0.5) is 4.39 Å². The highest BCUT2D eigenvalue weighted by Crippen LogP contribution is 2.54. The molecule has 1 N–H and O–H groups in total. The SMILES string of the molecule is CC1(C)O[C@H]2C(=O)C(F)(S(=O)(=O)c3ccccc3)C(O)(COC(c3ccccc3)(c3ccccc3)c3ccccc3)[C@H]2O1. The van der Waals surface area contributed by atoms with Gasteiger partial charge >= 0.3 is 5.00 Å². The van der Waals surface area contributed by atoms with Gasteiger partial charge in [-0.05, 0) is 42.7 Å². The van der Waals surface area contributed by atoms with Crippen LogP contribution in [0.15, 0.2) is 126 Å². The van der Waals surface area contributed by atoms with Crippen LogP contribution >= 0.6 is 0 Å². The molecule has 43 heavy (non-hydrogen) atoms. The van der Waals surface area contributed by atoms with Crippen LogP contribution in [-0.2, 0) is 34.4 Å². The number of alkyl halides is 1. The highest BCUT2D eigenvalue weighted by molar-refractivity contribution is 7.93. The van der Waals surface area contributed by atoms with E-state index in [1.807, 2.05) is 91.0 Å². The van der Waals surface area contributed by atoms with Crippen molar-refractivity contribution in [1.82, 2.24) is 0 Å². The zero-order valence-electron chi connectivity index (χ0n) is 23.6. The van der Waals surface area contributed by atoms with E-state index in [4.69, 9.17) is 14.2 Å². The molecule has 0 spiro atoms. The van der Waals surface area contributed by atoms with Gasteiger partial charge in [-0.2, -0.15) is 0 Å². The molecule has 4 aromatic carbocycles. The Hall–Kier alpha value is -3.73. The monoisotopic (exact) mass is 602 g/mol. The zero-order chi connectivity index (χ0) is 30.5. The minimum absolute atomic E-state index is 0.469. The van der Waals surface area contributed by atoms with Gasteiger partial charge in [0.2, 0.25) is 15.6 Å². The van der Waals surface area contributed by atoms with Crippen LogP contribution in [0.1, 0.15) is 30.5 Å². The topological polar surface area (TPSA) is 99.1 Å². The first-order valence-corrected chi connectivity index (χ1v) is 15.4. The lowest BCUT2D eigenvalue weighted by atomic mass is 9.80. The molecule has 1 aliphatic heterocycles. The fraction of sp³-hybridized carbons (Fsp3) is 0.265. The average molecular weight is 603 g/mol. The third-order valence-corrected chi connectivity index (χ3v) is 10.4. The van der Waals surface area contributed by atoms with Crippen LogP contribution in [0.2, 0.25) is 0 Å². The second-order valence-corrected chi connectivity index (χ2v) is 13.3. The average Bonchev–Trinajstić information content (AvgIpc) is 3.44. The molecule has 2 fully saturated rings. The van der Waals surface area contributed by atoms with Crippen molar-refractivity contribution in [2.45, 2.75) is 52.9 Å². The molecule has 1 saturated heterocycles. The maximum absolute atomic E-state index is 17.5. The summed E-state index contributed by atoms with van der Waals surface area (Å²) in [5.41, 5.74) is -2.56. The molecule has 9 heteroatoms. The van der Waals surface area contributed by atoms with Gasteiger partial charge in [-0.3, -0.25) is 4.79 Å². The number of hydrogen-bond acceptors (Lipinski definition) is 7. The summed E-state index contributed by atoms with van der Waals surface area (Å²) in [4.78, 5) is 13.3. The van der Waals surface area contributed by atoms with Crippen LogP contribution in [-0.4, -0.2) is 54.5 Å². The van der Waals surface area contributed by atoms with E-state index in [1.54, 1.807) is 6.07 Å². The molecule has 7 nitrogen and oxygen atoms in total. The Morgan fingerprint density at radius 1 is 0.767 bits per heavy atom. The lowest BCUT2D eigenvalue weighted by Crippen LogP contribution is -2.63. The van der Waals surface area contributed by atoms with Gasteiger partial charge in [-0.15, -0.1) is 0 Å². The Kier molecular flexibility index (Phi) is 7.14. The van der Waals surface area contributed by atoms with Gasteiger partial charge in [-0.1, -0.05) is 109 Å². The van der Waals surface area contributed by atoms with Crippen molar-refractivity contribution in [2.24, 2.45) is 0 Å². The van der Waals surface area contributed by atoms with E-state index in [0.717, 1.165) is 0 Å². The fourth-order valence-electron chi connectivity index (χ4n) is 6.17. The molecule has 4 aromatic rings. The minimum atomic E-state index is -5.14. The summed E-state index contributed by atoms with van der Waals surface area (Å²) in [6.45, 7) is 2.07. The van der Waals surface area contributed by atoms with Crippen molar-refractivity contribution < 1.29 is 36.9 Å². The Balaban J connectivity index is 1.55. The smallest absolute Gasteiger partial charge is 0.307 e. The van der Waals surface area contributed by atoms with E-state index in [-0.39, 0.29) is 0 Å². The van der Waals surface area contributed by atoms with Crippen LogP contribution in [0, 0.1) is 0 Å². The molecule has 0 bridgehead atoms. The lowest BCUT2D eigenvalue weighted by Gasteiger charge is -2.42. The number of sulfone groups is 1. The Labute approximate surface area is 249 Å². The normalized spacial score (nSPS) is 26.7. The van der Waals surface area contributed by atoms with Crippen LogP contribution < -0.4 is 0 Å². The number of fused-ring (bicyclic) bond motifs is 1. The fourth-order valence-corrected chi connectivity index (χ4v) is 8.03. The van der Waals surface area contributed by atoms with Crippen LogP contribution in [0.25, 0.3) is 0 Å². The van der Waals surface area contributed by atoms with E-state index in [9.17, 15) is 18.3 Å². The van der Waals surface area contributed by atoms with Crippen molar-refractivity contribution in [3.8, 4) is 0 Å². The molecule has 1 saturated carbocycles. The maximum atomic E-state index is 17.5. The summed E-state index contributed by atoms with van der Waals surface area (Å²) in [7, 11) is -5.14. The molecule has 1 heterocycles. The third kappa shape index (κ3) is 4.38. The first kappa shape index (κ1) is 29.3. The number of carbonyl (C=O) groups excluding carboxylic acids is 1. The second-order valence-electron chi connectivity index (χ2n) is 11.2. The van der Waals surface area contributed by atoms with Gasteiger partial charge in [0.25, 0.3) is 0 Å². The first-order valence-electron chi connectivity index (χ1n) is 13.9. The molecular formula is C34H31FO7S. The van der Waals surface area contributed by atoms with Gasteiger partial charge in [0.15, 0.2) is 17.5 Å². The van der Waals surface area contributed by atoms with Gasteiger partial charge in [-0.25, -0.2) is 12.8 Å². The van der Waals surface area contributed by atoms with E-state index < -0.39 is 61.3 Å². The largest absolute Gasteiger partial charge is 0.380 e. The molecule has 0 aromatic heterocycles. The molecule has 1 aliphatic carbocycles. The molecule has 0 radical (unpaired) electrons. The van der Waals surface area contributed by atoms with Crippen LogP contribution in [0.5, 0.6) is 0 Å². The number of hydrogen-bond donors (Lipinski definition) is 1. The standard InChI is InChI=1S/C34H31FO7S/c1-31(2)41-28-29(36)34(35,43(38,39)27-21-13-6-14-22-27)32(37,30(28)42-31)23-40-33(24-15-7-3-8-16-24,25-17-9-4-10-18-25)26-19-11-5-12-20-26/h3-22,28,30,37H,23H2,1-2H3/t28-,30-,32?,34?/m0/s1. The van der Waals surface area contributed by atoms with Crippen molar-refractivity contribution >= 4 is 15.6 Å². The molecule has 2 unspecified atom stereocenters. The highest BCUT2D eigenvalue weighted by atomic mass is 32.2. The molecular weight excluding hydrogens is 571 g/mol. The number of benzene rings is 4. The molecule has 0 amide bonds. The van der Waals surface area contributed by atoms with Gasteiger partial charge in [0.05, 0.1) is 11.5 Å². The zero-order valence-corrected chi connectivity index (χ0v) is 24.4. The Morgan fingerprint density at radius 3 is 1.63 bits per heavy atom. The number of ketones is 1. The van der Waals surface area contributed by atoms with Gasteiger partial charge in [0, 0.05) is 0 Å². The second kappa shape index (κ2) is 10.5. The number of carbonyl (C=O) groups is 1. The molecule has 6 rings (SSSR count). The first-order chi connectivity index (χ1) is 20.5. The Morgan fingerprint density at radius 2 is 1.19 bits per heavy atom.